The number of sulfonamides is 1. The summed E-state index contributed by atoms with van der Waals surface area (Å²) in [6.45, 7) is 4.01. The smallest absolute Gasteiger partial charge is 0.241 e. The maximum Gasteiger partial charge on any atom is 0.241 e. The van der Waals surface area contributed by atoms with Crippen LogP contribution in [0.5, 0.6) is 0 Å². The molecule has 0 aromatic heterocycles. The molecule has 0 aliphatic carbocycles. The Morgan fingerprint density at radius 1 is 1.22 bits per heavy atom. The lowest BCUT2D eigenvalue weighted by atomic mass is 10.2. The molecule has 27 heavy (non-hydrogen) atoms. The first-order chi connectivity index (χ1) is 12.2. The van der Waals surface area contributed by atoms with Gasteiger partial charge in [0.2, 0.25) is 15.9 Å². The number of nitrogens with one attached hydrogen (secondary N) is 2. The second kappa shape index (κ2) is 12.9. The quantitative estimate of drug-likeness (QED) is 0.186. The van der Waals surface area contributed by atoms with Gasteiger partial charge in [-0.25, -0.2) is 18.5 Å². The summed E-state index contributed by atoms with van der Waals surface area (Å²) in [5, 5.41) is 11.1. The molecule has 0 aliphatic rings. The van der Waals surface area contributed by atoms with E-state index in [0.717, 1.165) is 5.56 Å². The standard InChI is InChI=1S/C16H27N5O4S.HI/c1-4-25-10-9-18-16(20-12-15(22)21(2)3)19-11-13-5-7-14(8-6-13)26(17,23)24;/h5-8H,4,9-12H2,1-3H3,(H2,17,23,24)(H2,18,19,20);1H. The molecule has 1 rings (SSSR count). The van der Waals surface area contributed by atoms with Crippen LogP contribution in [-0.4, -0.2) is 65.6 Å². The molecule has 0 fully saturated rings. The summed E-state index contributed by atoms with van der Waals surface area (Å²) in [6.07, 6.45) is 0. The Morgan fingerprint density at radius 2 is 1.85 bits per heavy atom. The molecule has 0 aliphatic heterocycles. The Kier molecular flexibility index (Phi) is 12.2. The summed E-state index contributed by atoms with van der Waals surface area (Å²) in [5.41, 5.74) is 0.808. The maximum atomic E-state index is 11.7. The number of rotatable bonds is 9. The van der Waals surface area contributed by atoms with Crippen molar-refractivity contribution in [2.24, 2.45) is 10.1 Å². The van der Waals surface area contributed by atoms with Crippen molar-refractivity contribution >= 4 is 45.9 Å². The normalized spacial score (nSPS) is 11.5. The van der Waals surface area contributed by atoms with E-state index in [1.54, 1.807) is 26.2 Å². The number of benzene rings is 1. The monoisotopic (exact) mass is 513 g/mol. The molecule has 0 saturated heterocycles. The first-order valence-electron chi connectivity index (χ1n) is 8.16. The van der Waals surface area contributed by atoms with Gasteiger partial charge < -0.3 is 20.3 Å². The maximum absolute atomic E-state index is 11.7. The second-order valence-corrected chi connectivity index (χ2v) is 7.18. The van der Waals surface area contributed by atoms with E-state index >= 15 is 0 Å². The van der Waals surface area contributed by atoms with Crippen LogP contribution in [0.15, 0.2) is 34.2 Å². The number of nitrogens with two attached hydrogens (primary N) is 1. The van der Waals surface area contributed by atoms with Crippen LogP contribution in [0.25, 0.3) is 0 Å². The molecule has 1 amide bonds. The highest BCUT2D eigenvalue weighted by Crippen LogP contribution is 2.09. The van der Waals surface area contributed by atoms with Crippen LogP contribution in [0.4, 0.5) is 0 Å². The summed E-state index contributed by atoms with van der Waals surface area (Å²) in [7, 11) is -0.357. The van der Waals surface area contributed by atoms with Crippen LogP contribution in [0.2, 0.25) is 0 Å². The fourth-order valence-corrected chi connectivity index (χ4v) is 2.35. The van der Waals surface area contributed by atoms with Gasteiger partial charge in [-0.1, -0.05) is 12.1 Å². The highest BCUT2D eigenvalue weighted by molar-refractivity contribution is 14.0. The molecular formula is C16H28IN5O4S. The summed E-state index contributed by atoms with van der Waals surface area (Å²) < 4.78 is 27.8. The van der Waals surface area contributed by atoms with Gasteiger partial charge in [0.25, 0.3) is 0 Å². The minimum Gasteiger partial charge on any atom is -0.380 e. The van der Waals surface area contributed by atoms with Gasteiger partial charge in [-0.3, -0.25) is 4.79 Å². The number of guanidine groups is 1. The van der Waals surface area contributed by atoms with Crippen molar-refractivity contribution in [3.05, 3.63) is 29.8 Å². The molecule has 4 N–H and O–H groups in total. The fraction of sp³-hybridized carbons (Fsp3) is 0.500. The van der Waals surface area contributed by atoms with Crippen molar-refractivity contribution in [3.8, 4) is 0 Å². The topological polar surface area (TPSA) is 126 Å². The second-order valence-electron chi connectivity index (χ2n) is 5.62. The molecule has 0 radical (unpaired) electrons. The Balaban J connectivity index is 0.00000676. The molecule has 0 atom stereocenters. The number of amides is 1. The van der Waals surface area contributed by atoms with Gasteiger partial charge in [-0.05, 0) is 24.6 Å². The number of aliphatic imine (C=N–C) groups is 1. The van der Waals surface area contributed by atoms with Gasteiger partial charge in [-0.2, -0.15) is 0 Å². The lowest BCUT2D eigenvalue weighted by Gasteiger charge is -2.15. The largest absolute Gasteiger partial charge is 0.380 e. The Morgan fingerprint density at radius 3 is 2.37 bits per heavy atom. The molecule has 11 heteroatoms. The molecule has 0 spiro atoms. The van der Waals surface area contributed by atoms with E-state index in [1.165, 1.54) is 17.0 Å². The van der Waals surface area contributed by atoms with E-state index in [-0.39, 0.29) is 41.3 Å². The third kappa shape index (κ3) is 10.5. The van der Waals surface area contributed by atoms with E-state index < -0.39 is 10.0 Å². The summed E-state index contributed by atoms with van der Waals surface area (Å²) in [5.74, 6) is 0.386. The number of primary sulfonamides is 1. The van der Waals surface area contributed by atoms with Gasteiger partial charge in [0.1, 0.15) is 0 Å². The van der Waals surface area contributed by atoms with E-state index in [4.69, 9.17) is 9.88 Å². The molecule has 0 saturated carbocycles. The van der Waals surface area contributed by atoms with Crippen LogP contribution in [0, 0.1) is 0 Å². The Hall–Kier alpha value is -1.44. The number of carbonyl (C=O) groups excluding carboxylic acids is 1. The third-order valence-electron chi connectivity index (χ3n) is 3.32. The van der Waals surface area contributed by atoms with Crippen LogP contribution in [-0.2, 0) is 26.1 Å². The van der Waals surface area contributed by atoms with Gasteiger partial charge in [0.05, 0.1) is 24.6 Å². The lowest BCUT2D eigenvalue weighted by Crippen LogP contribution is -2.43. The predicted octanol–water partition coefficient (Wildman–Crippen LogP) is 0.112. The molecular weight excluding hydrogens is 485 g/mol. The van der Waals surface area contributed by atoms with Gasteiger partial charge in [-0.15, -0.1) is 24.0 Å². The van der Waals surface area contributed by atoms with Crippen LogP contribution < -0.4 is 15.8 Å². The molecule has 0 unspecified atom stereocenters. The van der Waals surface area contributed by atoms with Crippen molar-refractivity contribution < 1.29 is 17.9 Å². The molecule has 9 nitrogen and oxygen atoms in total. The van der Waals surface area contributed by atoms with Crippen molar-refractivity contribution in [2.75, 3.05) is 40.4 Å². The van der Waals surface area contributed by atoms with Gasteiger partial charge in [0, 0.05) is 27.2 Å². The number of likely N-dealkylation sites (N-methyl/N-ethyl adjacent to an activating group) is 1. The third-order valence-corrected chi connectivity index (χ3v) is 4.25. The van der Waals surface area contributed by atoms with Crippen molar-refractivity contribution in [1.29, 1.82) is 0 Å². The van der Waals surface area contributed by atoms with E-state index in [1.807, 2.05) is 6.92 Å². The Labute approximate surface area is 177 Å². The van der Waals surface area contributed by atoms with E-state index in [9.17, 15) is 13.2 Å². The van der Waals surface area contributed by atoms with Gasteiger partial charge in [0.15, 0.2) is 5.96 Å². The van der Waals surface area contributed by atoms with Crippen LogP contribution in [0.1, 0.15) is 12.5 Å². The number of hydrogen-bond donors (Lipinski definition) is 3. The van der Waals surface area contributed by atoms with Crippen LogP contribution in [0.3, 0.4) is 0 Å². The zero-order valence-electron chi connectivity index (χ0n) is 15.8. The number of carbonyl (C=O) groups is 1. The highest BCUT2D eigenvalue weighted by Gasteiger charge is 2.08. The van der Waals surface area contributed by atoms with Crippen LogP contribution >= 0.6 is 24.0 Å². The van der Waals surface area contributed by atoms with Crippen molar-refractivity contribution in [1.82, 2.24) is 15.5 Å². The van der Waals surface area contributed by atoms with Crippen molar-refractivity contribution in [3.63, 3.8) is 0 Å². The van der Waals surface area contributed by atoms with E-state index in [0.29, 0.717) is 32.3 Å². The Bertz CT molecular complexity index is 708. The lowest BCUT2D eigenvalue weighted by molar-refractivity contribution is -0.127. The SMILES string of the molecule is CCOCCNC(=NCc1ccc(S(N)(=O)=O)cc1)NCC(=O)N(C)C.I. The van der Waals surface area contributed by atoms with Crippen molar-refractivity contribution in [2.45, 2.75) is 18.4 Å². The zero-order chi connectivity index (χ0) is 19.6. The molecule has 0 heterocycles. The summed E-state index contributed by atoms with van der Waals surface area (Å²) in [6, 6.07) is 6.16. The number of halogens is 1. The molecule has 0 bridgehead atoms. The molecule has 1 aromatic rings. The average Bonchev–Trinajstić information content (AvgIpc) is 2.59. The summed E-state index contributed by atoms with van der Waals surface area (Å²) in [4.78, 5) is 17.7. The predicted molar refractivity (Wildman–Crippen MR) is 116 cm³/mol. The highest BCUT2D eigenvalue weighted by atomic mass is 127. The number of hydrogen-bond acceptors (Lipinski definition) is 5. The fourth-order valence-electron chi connectivity index (χ4n) is 1.83. The van der Waals surface area contributed by atoms with Gasteiger partial charge >= 0.3 is 0 Å². The zero-order valence-corrected chi connectivity index (χ0v) is 18.9. The summed E-state index contributed by atoms with van der Waals surface area (Å²) >= 11 is 0. The van der Waals surface area contributed by atoms with E-state index in [2.05, 4.69) is 15.6 Å². The first-order valence-corrected chi connectivity index (χ1v) is 9.70. The number of ether oxygens (including phenoxy) is 1. The first kappa shape index (κ1) is 25.6. The molecule has 1 aromatic carbocycles. The number of nitrogens with zero attached hydrogens (tertiary/aromatic N) is 2. The minimum atomic E-state index is -3.71. The minimum absolute atomic E-state index is 0. The molecule has 154 valence electrons. The average molecular weight is 513 g/mol.